The third-order valence-electron chi connectivity index (χ3n) is 10.2. The second-order valence-electron chi connectivity index (χ2n) is 16.7. The molecule has 1 N–H and O–H groups in total. The molecule has 0 spiro atoms. The molecule has 36 heavy (non-hydrogen) atoms. The van der Waals surface area contributed by atoms with Crippen molar-refractivity contribution in [3.8, 4) is 0 Å². The van der Waals surface area contributed by atoms with E-state index in [0.717, 1.165) is 38.9 Å². The molecule has 3 aliphatic carbocycles. The first-order valence-corrected chi connectivity index (χ1v) is 18.5. The van der Waals surface area contributed by atoms with Crippen molar-refractivity contribution in [3.05, 3.63) is 0 Å². The smallest absolute Gasteiger partial charge is 0.0591 e. The van der Waals surface area contributed by atoms with Gasteiger partial charge in [0.15, 0.2) is 0 Å². The molecular weight excluding hydrogens is 781 g/mol. The van der Waals surface area contributed by atoms with Crippen LogP contribution in [-0.2, 0) is 0 Å². The largest absolute Gasteiger partial charge is 0.393 e. The van der Waals surface area contributed by atoms with E-state index in [1.54, 1.807) is 0 Å². The molecule has 3 saturated carbocycles. The maximum Gasteiger partial charge on any atom is 0.0591 e. The van der Waals surface area contributed by atoms with Crippen LogP contribution in [0.3, 0.4) is 0 Å². The number of hydrogen-bond acceptors (Lipinski definition) is 1. The van der Waals surface area contributed by atoms with Crippen molar-refractivity contribution < 1.29 is 5.11 Å². The molecule has 3 fully saturated rings. The Labute approximate surface area is 268 Å². The van der Waals surface area contributed by atoms with Gasteiger partial charge >= 0.3 is 0 Å². The van der Waals surface area contributed by atoms with Crippen LogP contribution >= 0.6 is 67.8 Å². The summed E-state index contributed by atoms with van der Waals surface area (Å²) in [5.41, 5.74) is 2.76. The highest BCUT2D eigenvalue weighted by Crippen LogP contribution is 2.55. The number of aliphatic hydroxyl groups excluding tert-OH is 1. The summed E-state index contributed by atoms with van der Waals surface area (Å²) in [6.07, 6.45) is 8.78. The molecule has 0 heterocycles. The summed E-state index contributed by atoms with van der Waals surface area (Å²) in [5, 5.41) is 9.67. The van der Waals surface area contributed by atoms with Crippen LogP contribution in [0, 0.1) is 44.3 Å². The van der Waals surface area contributed by atoms with Gasteiger partial charge in [0, 0.05) is 12.3 Å². The first-order valence-electron chi connectivity index (χ1n) is 14.4. The summed E-state index contributed by atoms with van der Waals surface area (Å²) in [5.74, 6) is 1.76. The van der Waals surface area contributed by atoms with E-state index in [2.05, 4.69) is 158 Å². The van der Waals surface area contributed by atoms with Gasteiger partial charge in [-0.25, -0.2) is 0 Å². The lowest BCUT2D eigenvalue weighted by atomic mass is 9.60. The van der Waals surface area contributed by atoms with Crippen molar-refractivity contribution in [2.45, 2.75) is 149 Å². The average molecular weight is 843 g/mol. The zero-order chi connectivity index (χ0) is 28.5. The maximum atomic E-state index is 9.67. The molecule has 0 saturated heterocycles. The van der Waals surface area contributed by atoms with Crippen LogP contribution in [0.1, 0.15) is 135 Å². The van der Waals surface area contributed by atoms with Crippen LogP contribution in [-0.4, -0.2) is 23.5 Å². The molecule has 6 unspecified atom stereocenters. The van der Waals surface area contributed by atoms with Crippen LogP contribution in [0.4, 0.5) is 0 Å². The van der Waals surface area contributed by atoms with E-state index in [1.807, 2.05) is 0 Å². The lowest BCUT2D eigenvalue weighted by Crippen LogP contribution is -2.50. The van der Waals surface area contributed by atoms with Gasteiger partial charge in [-0.1, -0.05) is 158 Å². The van der Waals surface area contributed by atoms with Gasteiger partial charge in [-0.3, -0.25) is 0 Å². The second-order valence-corrected chi connectivity index (χ2v) is 20.3. The van der Waals surface area contributed by atoms with Gasteiger partial charge in [0.2, 0.25) is 0 Å². The highest BCUT2D eigenvalue weighted by Gasteiger charge is 2.50. The Morgan fingerprint density at radius 1 is 0.667 bits per heavy atom. The van der Waals surface area contributed by atoms with Crippen molar-refractivity contribution in [1.82, 2.24) is 0 Å². The standard InChI is InChI=1S/C11H19I3.C11H22.C10H20O/c1-7-8(13)9(14)10(2,3)5-11(7,4)6-12;1-9-6-7-10(2,3)8-11(9,4)5;1-9(2)6-5-8(11)10(3,4)7-9/h7-9H,5-6H2,1-4H3;9H,6-8H2,1-5H3;8,11H,5-7H2,1-4H3. The molecule has 0 bridgehead atoms. The number of alkyl halides is 3. The maximum absolute atomic E-state index is 9.67. The number of halogens is 3. The minimum atomic E-state index is -0.0875. The zero-order valence-electron chi connectivity index (χ0n) is 26.1. The molecule has 4 heteroatoms. The number of hydrogen-bond donors (Lipinski definition) is 1. The molecule has 1 nitrogen and oxygen atoms in total. The molecular formula is C32H61I3O. The summed E-state index contributed by atoms with van der Waals surface area (Å²) in [6.45, 7) is 30.7. The van der Waals surface area contributed by atoms with Crippen LogP contribution in [0.15, 0.2) is 0 Å². The molecule has 3 aliphatic rings. The Kier molecular flexibility index (Phi) is 13.0. The van der Waals surface area contributed by atoms with E-state index in [0.29, 0.717) is 27.1 Å². The van der Waals surface area contributed by atoms with Crippen molar-refractivity contribution in [1.29, 1.82) is 0 Å². The Morgan fingerprint density at radius 2 is 1.11 bits per heavy atom. The van der Waals surface area contributed by atoms with Crippen LogP contribution in [0.2, 0.25) is 0 Å². The van der Waals surface area contributed by atoms with Crippen molar-refractivity contribution >= 4 is 67.8 Å². The van der Waals surface area contributed by atoms with E-state index >= 15 is 0 Å². The van der Waals surface area contributed by atoms with Gasteiger partial charge in [-0.15, -0.1) is 0 Å². The van der Waals surface area contributed by atoms with Crippen LogP contribution in [0.5, 0.6) is 0 Å². The fourth-order valence-electron chi connectivity index (χ4n) is 7.39. The molecule has 3 rings (SSSR count). The molecule has 0 aromatic carbocycles. The van der Waals surface area contributed by atoms with Crippen LogP contribution < -0.4 is 0 Å². The minimum Gasteiger partial charge on any atom is -0.393 e. The summed E-state index contributed by atoms with van der Waals surface area (Å²) >= 11 is 7.90. The van der Waals surface area contributed by atoms with Gasteiger partial charge in [-0.05, 0) is 89.3 Å². The first-order chi connectivity index (χ1) is 15.9. The average Bonchev–Trinajstić information content (AvgIpc) is 2.70. The lowest BCUT2D eigenvalue weighted by molar-refractivity contribution is -0.0313. The quantitative estimate of drug-likeness (QED) is 0.206. The Balaban J connectivity index is 0.000000273. The van der Waals surface area contributed by atoms with E-state index in [-0.39, 0.29) is 11.5 Å². The molecule has 0 aliphatic heterocycles. The molecule has 0 aromatic heterocycles. The van der Waals surface area contributed by atoms with Gasteiger partial charge in [0.05, 0.1) is 6.10 Å². The summed E-state index contributed by atoms with van der Waals surface area (Å²) < 4.78 is 2.92. The second kappa shape index (κ2) is 13.0. The predicted octanol–water partition coefficient (Wildman–Crippen LogP) is 11.5. The fraction of sp³-hybridized carbons (Fsp3) is 1.00. The van der Waals surface area contributed by atoms with Crippen molar-refractivity contribution in [2.24, 2.45) is 44.3 Å². The van der Waals surface area contributed by atoms with E-state index in [4.69, 9.17) is 0 Å². The monoisotopic (exact) mass is 842 g/mol. The van der Waals surface area contributed by atoms with E-state index in [1.165, 1.54) is 30.1 Å². The predicted molar refractivity (Wildman–Crippen MR) is 188 cm³/mol. The summed E-state index contributed by atoms with van der Waals surface area (Å²) in [4.78, 5) is 0. The van der Waals surface area contributed by atoms with Gasteiger partial charge < -0.3 is 5.11 Å². The summed E-state index contributed by atoms with van der Waals surface area (Å²) in [6, 6.07) is 0. The molecule has 0 radical (unpaired) electrons. The van der Waals surface area contributed by atoms with Crippen LogP contribution in [0.25, 0.3) is 0 Å². The highest BCUT2D eigenvalue weighted by molar-refractivity contribution is 14.1. The van der Waals surface area contributed by atoms with E-state index in [9.17, 15) is 5.11 Å². The normalized spacial score (nSPS) is 40.1. The lowest BCUT2D eigenvalue weighted by Gasteiger charge is -2.52. The summed E-state index contributed by atoms with van der Waals surface area (Å²) in [7, 11) is 0. The first kappa shape index (κ1) is 36.2. The van der Waals surface area contributed by atoms with Gasteiger partial charge in [0.1, 0.15) is 0 Å². The zero-order valence-corrected chi connectivity index (χ0v) is 32.6. The SMILES string of the molecule is CC1(C)CCC(O)C(C)(C)C1.CC1C(I)C(I)C(C)(C)CC1(C)CI.CC1CCC(C)(C)CC1(C)C. The van der Waals surface area contributed by atoms with Crippen molar-refractivity contribution in [3.63, 3.8) is 0 Å². The topological polar surface area (TPSA) is 20.2 Å². The highest BCUT2D eigenvalue weighted by atomic mass is 127. The van der Waals surface area contributed by atoms with E-state index < -0.39 is 0 Å². The third kappa shape index (κ3) is 9.91. The Hall–Kier alpha value is 2.15. The number of aliphatic hydroxyl groups is 1. The van der Waals surface area contributed by atoms with Gasteiger partial charge in [0.25, 0.3) is 0 Å². The fourth-order valence-corrected chi connectivity index (χ4v) is 11.0. The van der Waals surface area contributed by atoms with Crippen molar-refractivity contribution in [2.75, 3.05) is 4.43 Å². The molecule has 216 valence electrons. The Morgan fingerprint density at radius 3 is 1.47 bits per heavy atom. The minimum absolute atomic E-state index is 0.0875. The molecule has 0 aromatic rings. The number of rotatable bonds is 1. The third-order valence-corrected chi connectivity index (χ3v) is 17.6. The van der Waals surface area contributed by atoms with Gasteiger partial charge in [-0.2, -0.15) is 0 Å². The molecule has 6 atom stereocenters. The Bertz CT molecular complexity index is 660. The molecule has 0 amide bonds.